The van der Waals surface area contributed by atoms with E-state index in [1.54, 1.807) is 6.07 Å². The Balaban J connectivity index is 0.00000341. The van der Waals surface area contributed by atoms with E-state index in [2.05, 4.69) is 34.9 Å². The number of hydrogen-bond donors (Lipinski definition) is 2. The maximum atomic E-state index is 11.8. The number of amides is 1. The van der Waals surface area contributed by atoms with E-state index in [-0.39, 0.29) is 35.9 Å². The van der Waals surface area contributed by atoms with Crippen molar-refractivity contribution >= 4 is 59.0 Å². The van der Waals surface area contributed by atoms with Gasteiger partial charge in [-0.15, -0.1) is 24.0 Å². The number of nitrogens with one attached hydrogen (secondary N) is 2. The van der Waals surface area contributed by atoms with E-state index in [0.29, 0.717) is 29.6 Å². The van der Waals surface area contributed by atoms with Crippen molar-refractivity contribution in [3.8, 4) is 0 Å². The van der Waals surface area contributed by atoms with Crippen LogP contribution in [0.3, 0.4) is 0 Å². The SMILES string of the molecule is CCNC(=NCc1ccc(CN2CCCC2=O)cc1)NC(C)c1ccc(Cl)cc1Cl.I. The minimum absolute atomic E-state index is 0. The van der Waals surface area contributed by atoms with Crippen LogP contribution in [-0.4, -0.2) is 29.9 Å². The van der Waals surface area contributed by atoms with Gasteiger partial charge in [-0.25, -0.2) is 4.99 Å². The summed E-state index contributed by atoms with van der Waals surface area (Å²) >= 11 is 12.3. The van der Waals surface area contributed by atoms with Crippen LogP contribution in [0.15, 0.2) is 47.5 Å². The Bertz CT molecular complexity index is 905. The van der Waals surface area contributed by atoms with Gasteiger partial charge in [0.15, 0.2) is 5.96 Å². The van der Waals surface area contributed by atoms with Crippen LogP contribution >= 0.6 is 47.2 Å². The molecule has 1 fully saturated rings. The van der Waals surface area contributed by atoms with Crippen LogP contribution in [0.4, 0.5) is 0 Å². The molecule has 3 rings (SSSR count). The van der Waals surface area contributed by atoms with E-state index in [1.165, 1.54) is 0 Å². The zero-order chi connectivity index (χ0) is 21.5. The first-order valence-electron chi connectivity index (χ1n) is 10.3. The lowest BCUT2D eigenvalue weighted by molar-refractivity contribution is -0.128. The van der Waals surface area contributed by atoms with E-state index < -0.39 is 0 Å². The highest BCUT2D eigenvalue weighted by molar-refractivity contribution is 14.0. The monoisotopic (exact) mass is 574 g/mol. The van der Waals surface area contributed by atoms with Crippen LogP contribution in [-0.2, 0) is 17.9 Å². The Labute approximate surface area is 211 Å². The van der Waals surface area contributed by atoms with Crippen LogP contribution in [0.1, 0.15) is 49.4 Å². The molecule has 0 aromatic heterocycles. The number of carbonyl (C=O) groups is 1. The summed E-state index contributed by atoms with van der Waals surface area (Å²) in [5.41, 5.74) is 3.22. The highest BCUT2D eigenvalue weighted by atomic mass is 127. The first kappa shape index (κ1) is 25.7. The third kappa shape index (κ3) is 7.54. The Morgan fingerprint density at radius 1 is 1.16 bits per heavy atom. The fourth-order valence-corrected chi connectivity index (χ4v) is 4.04. The smallest absolute Gasteiger partial charge is 0.222 e. The molecule has 0 spiro atoms. The molecule has 2 aromatic rings. The topological polar surface area (TPSA) is 56.7 Å². The predicted octanol–water partition coefficient (Wildman–Crippen LogP) is 5.55. The molecule has 2 N–H and O–H groups in total. The summed E-state index contributed by atoms with van der Waals surface area (Å²) in [6.07, 6.45) is 1.64. The lowest BCUT2D eigenvalue weighted by Crippen LogP contribution is -2.38. The number of aliphatic imine (C=N–C) groups is 1. The first-order valence-corrected chi connectivity index (χ1v) is 11.1. The van der Waals surface area contributed by atoms with Crippen molar-refractivity contribution in [1.29, 1.82) is 0 Å². The van der Waals surface area contributed by atoms with Crippen LogP contribution < -0.4 is 10.6 Å². The molecule has 1 unspecified atom stereocenters. The van der Waals surface area contributed by atoms with Crippen molar-refractivity contribution in [1.82, 2.24) is 15.5 Å². The number of rotatable bonds is 7. The molecule has 2 aromatic carbocycles. The van der Waals surface area contributed by atoms with Gasteiger partial charge in [-0.3, -0.25) is 4.79 Å². The van der Waals surface area contributed by atoms with E-state index in [1.807, 2.05) is 30.9 Å². The summed E-state index contributed by atoms with van der Waals surface area (Å²) in [4.78, 5) is 18.4. The summed E-state index contributed by atoms with van der Waals surface area (Å²) in [5, 5.41) is 7.92. The molecule has 0 radical (unpaired) electrons. The zero-order valence-electron chi connectivity index (χ0n) is 17.8. The van der Waals surface area contributed by atoms with Crippen LogP contribution in [0.5, 0.6) is 0 Å². The number of guanidine groups is 1. The molecular formula is C23H29Cl2IN4O. The van der Waals surface area contributed by atoms with Crippen LogP contribution in [0.25, 0.3) is 0 Å². The molecule has 0 bridgehead atoms. The van der Waals surface area contributed by atoms with Crippen molar-refractivity contribution in [2.24, 2.45) is 4.99 Å². The number of nitrogens with zero attached hydrogens (tertiary/aromatic N) is 2. The molecule has 1 aliphatic heterocycles. The number of halogens is 3. The molecule has 0 aliphatic carbocycles. The third-order valence-corrected chi connectivity index (χ3v) is 5.68. The van der Waals surface area contributed by atoms with E-state index >= 15 is 0 Å². The minimum atomic E-state index is -0.0204. The van der Waals surface area contributed by atoms with Gasteiger partial charge in [0.1, 0.15) is 0 Å². The van der Waals surface area contributed by atoms with Gasteiger partial charge in [0.2, 0.25) is 5.91 Å². The molecule has 1 heterocycles. The molecular weight excluding hydrogens is 546 g/mol. The number of hydrogen-bond acceptors (Lipinski definition) is 2. The average Bonchev–Trinajstić information content (AvgIpc) is 3.11. The van der Waals surface area contributed by atoms with E-state index in [0.717, 1.165) is 42.2 Å². The lowest BCUT2D eigenvalue weighted by Gasteiger charge is -2.19. The zero-order valence-corrected chi connectivity index (χ0v) is 21.7. The van der Waals surface area contributed by atoms with Crippen molar-refractivity contribution in [2.75, 3.05) is 13.1 Å². The highest BCUT2D eigenvalue weighted by Crippen LogP contribution is 2.26. The summed E-state index contributed by atoms with van der Waals surface area (Å²) < 4.78 is 0. The van der Waals surface area contributed by atoms with Crippen molar-refractivity contribution in [2.45, 2.75) is 45.8 Å². The quantitative estimate of drug-likeness (QED) is 0.259. The molecule has 8 heteroatoms. The second kappa shape index (κ2) is 12.5. The molecule has 0 saturated carbocycles. The van der Waals surface area contributed by atoms with Gasteiger partial charge in [-0.2, -0.15) is 0 Å². The average molecular weight is 575 g/mol. The number of benzene rings is 2. The molecule has 5 nitrogen and oxygen atoms in total. The lowest BCUT2D eigenvalue weighted by atomic mass is 10.1. The molecule has 1 atom stereocenters. The van der Waals surface area contributed by atoms with Crippen molar-refractivity contribution < 1.29 is 4.79 Å². The summed E-state index contributed by atoms with van der Waals surface area (Å²) in [7, 11) is 0. The highest BCUT2D eigenvalue weighted by Gasteiger charge is 2.19. The van der Waals surface area contributed by atoms with Crippen molar-refractivity contribution in [3.05, 3.63) is 69.2 Å². The second-order valence-corrected chi connectivity index (χ2v) is 8.31. The Morgan fingerprint density at radius 3 is 2.48 bits per heavy atom. The summed E-state index contributed by atoms with van der Waals surface area (Å²) in [5.74, 6) is 0.975. The van der Waals surface area contributed by atoms with Gasteiger partial charge in [-0.1, -0.05) is 53.5 Å². The van der Waals surface area contributed by atoms with E-state index in [9.17, 15) is 4.79 Å². The summed E-state index contributed by atoms with van der Waals surface area (Å²) in [6.45, 7) is 6.93. The van der Waals surface area contributed by atoms with E-state index in [4.69, 9.17) is 28.2 Å². The standard InChI is InChI=1S/C23H28Cl2N4O.HI/c1-3-26-23(28-16(2)20-11-10-19(24)13-21(20)25)27-14-17-6-8-18(9-7-17)15-29-12-4-5-22(29)30;/h6-11,13,16H,3-5,12,14-15H2,1-2H3,(H2,26,27,28);1H. The molecule has 1 saturated heterocycles. The maximum Gasteiger partial charge on any atom is 0.222 e. The number of carbonyl (C=O) groups excluding carboxylic acids is 1. The van der Waals surface area contributed by atoms with Gasteiger partial charge in [0, 0.05) is 36.1 Å². The fraction of sp³-hybridized carbons (Fsp3) is 0.391. The van der Waals surface area contributed by atoms with Gasteiger partial charge in [-0.05, 0) is 49.1 Å². The first-order chi connectivity index (χ1) is 14.5. The number of likely N-dealkylation sites (tertiary alicyclic amines) is 1. The predicted molar refractivity (Wildman–Crippen MR) is 139 cm³/mol. The Kier molecular flexibility index (Phi) is 10.4. The van der Waals surface area contributed by atoms with Crippen LogP contribution in [0, 0.1) is 0 Å². The Hall–Kier alpha value is -1.51. The normalized spacial score (nSPS) is 14.9. The van der Waals surface area contributed by atoms with Gasteiger partial charge < -0.3 is 15.5 Å². The van der Waals surface area contributed by atoms with Crippen LogP contribution in [0.2, 0.25) is 10.0 Å². The minimum Gasteiger partial charge on any atom is -0.357 e. The third-order valence-electron chi connectivity index (χ3n) is 5.11. The summed E-state index contributed by atoms with van der Waals surface area (Å²) in [6, 6.07) is 13.8. The second-order valence-electron chi connectivity index (χ2n) is 7.46. The largest absolute Gasteiger partial charge is 0.357 e. The molecule has 31 heavy (non-hydrogen) atoms. The van der Waals surface area contributed by atoms with Gasteiger partial charge >= 0.3 is 0 Å². The Morgan fingerprint density at radius 2 is 1.87 bits per heavy atom. The molecule has 168 valence electrons. The van der Waals surface area contributed by atoms with Gasteiger partial charge in [0.05, 0.1) is 12.6 Å². The fourth-order valence-electron chi connectivity index (χ4n) is 3.47. The van der Waals surface area contributed by atoms with Gasteiger partial charge in [0.25, 0.3) is 0 Å². The molecule has 1 amide bonds. The maximum absolute atomic E-state index is 11.8. The molecule has 1 aliphatic rings. The van der Waals surface area contributed by atoms with Crippen molar-refractivity contribution in [3.63, 3.8) is 0 Å².